The molecule has 1 fully saturated rings. The first-order valence-corrected chi connectivity index (χ1v) is 7.15. The number of hydrogen-bond acceptors (Lipinski definition) is 0. The summed E-state index contributed by atoms with van der Waals surface area (Å²) in [5, 5.41) is 0. The zero-order valence-corrected chi connectivity index (χ0v) is 11.4. The fourth-order valence-corrected chi connectivity index (χ4v) is 3.87. The third kappa shape index (κ3) is 2.77. The molecule has 1 saturated carbocycles. The van der Waals surface area contributed by atoms with E-state index in [2.05, 4.69) is 34.6 Å². The Hall–Kier alpha value is 0. The first kappa shape index (κ1) is 13.1. The zero-order chi connectivity index (χ0) is 11.4. The molecule has 0 N–H and O–H groups in total. The van der Waals surface area contributed by atoms with Gasteiger partial charge in [0.05, 0.1) is 0 Å². The van der Waals surface area contributed by atoms with Gasteiger partial charge >= 0.3 is 0 Å². The minimum absolute atomic E-state index is 0.969. The van der Waals surface area contributed by atoms with Crippen molar-refractivity contribution in [1.82, 2.24) is 0 Å². The molecule has 1 aliphatic carbocycles. The van der Waals surface area contributed by atoms with E-state index in [1.165, 1.54) is 32.1 Å². The molecule has 0 spiro atoms. The molecule has 0 aromatic heterocycles. The van der Waals surface area contributed by atoms with Crippen molar-refractivity contribution >= 4 is 0 Å². The topological polar surface area (TPSA) is 0 Å². The molecule has 0 heteroatoms. The fourth-order valence-electron chi connectivity index (χ4n) is 3.87. The normalized spacial score (nSPS) is 34.6. The Morgan fingerprint density at radius 3 is 2.27 bits per heavy atom. The van der Waals surface area contributed by atoms with Gasteiger partial charge in [0.1, 0.15) is 0 Å². The molecule has 5 unspecified atom stereocenters. The Balaban J connectivity index is 2.48. The van der Waals surface area contributed by atoms with Gasteiger partial charge in [0.15, 0.2) is 0 Å². The van der Waals surface area contributed by atoms with Crippen molar-refractivity contribution in [3.8, 4) is 0 Å². The van der Waals surface area contributed by atoms with Gasteiger partial charge in [0.2, 0.25) is 0 Å². The summed E-state index contributed by atoms with van der Waals surface area (Å²) in [5.41, 5.74) is 0. The van der Waals surface area contributed by atoms with Crippen LogP contribution >= 0.6 is 0 Å². The molecule has 5 atom stereocenters. The Labute approximate surface area is 96.8 Å². The van der Waals surface area contributed by atoms with E-state index in [1.54, 1.807) is 0 Å². The molecule has 0 bridgehead atoms. The van der Waals surface area contributed by atoms with Crippen LogP contribution < -0.4 is 0 Å². The molecule has 1 aliphatic rings. The summed E-state index contributed by atoms with van der Waals surface area (Å²) in [6, 6.07) is 0. The lowest BCUT2D eigenvalue weighted by Gasteiger charge is -2.48. The summed E-state index contributed by atoms with van der Waals surface area (Å²) in [6.45, 7) is 12.0. The maximum absolute atomic E-state index is 2.52. The summed E-state index contributed by atoms with van der Waals surface area (Å²) in [5.74, 6) is 5.03. The molecule has 0 aromatic rings. The van der Waals surface area contributed by atoms with Gasteiger partial charge in [0, 0.05) is 0 Å². The van der Waals surface area contributed by atoms with Gasteiger partial charge in [-0.2, -0.15) is 0 Å². The van der Waals surface area contributed by atoms with Crippen molar-refractivity contribution in [2.24, 2.45) is 29.6 Å². The van der Waals surface area contributed by atoms with Gasteiger partial charge in [0.25, 0.3) is 0 Å². The highest BCUT2D eigenvalue weighted by molar-refractivity contribution is 4.90. The van der Waals surface area contributed by atoms with Crippen LogP contribution in [0.25, 0.3) is 0 Å². The minimum Gasteiger partial charge on any atom is -0.0654 e. The summed E-state index contributed by atoms with van der Waals surface area (Å²) in [6.07, 6.45) is 7.09. The monoisotopic (exact) mass is 210 g/mol. The Kier molecular flexibility index (Phi) is 5.15. The van der Waals surface area contributed by atoms with Crippen molar-refractivity contribution in [3.05, 3.63) is 0 Å². The van der Waals surface area contributed by atoms with Crippen LogP contribution in [0.3, 0.4) is 0 Å². The summed E-state index contributed by atoms with van der Waals surface area (Å²) < 4.78 is 0. The van der Waals surface area contributed by atoms with Crippen LogP contribution in [0, 0.1) is 29.6 Å². The average molecular weight is 210 g/mol. The first-order chi connectivity index (χ1) is 7.15. The standard InChI is InChI=1S/C15H30/c1-6-9-13(7-2)12(5)15-10-11(4)14(15)8-3/h11-15H,6-10H2,1-5H3. The van der Waals surface area contributed by atoms with Crippen molar-refractivity contribution in [1.29, 1.82) is 0 Å². The van der Waals surface area contributed by atoms with Gasteiger partial charge < -0.3 is 0 Å². The Morgan fingerprint density at radius 1 is 1.20 bits per heavy atom. The predicted octanol–water partition coefficient (Wildman–Crippen LogP) is 5.13. The third-order valence-electron chi connectivity index (χ3n) is 5.00. The van der Waals surface area contributed by atoms with E-state index in [0.717, 1.165) is 29.6 Å². The highest BCUT2D eigenvalue weighted by Crippen LogP contribution is 2.49. The van der Waals surface area contributed by atoms with Crippen LogP contribution in [0.15, 0.2) is 0 Å². The van der Waals surface area contributed by atoms with E-state index >= 15 is 0 Å². The molecule has 1 rings (SSSR count). The second kappa shape index (κ2) is 5.92. The van der Waals surface area contributed by atoms with Crippen LogP contribution in [0.5, 0.6) is 0 Å². The lowest BCUT2D eigenvalue weighted by molar-refractivity contribution is 0.0114. The lowest BCUT2D eigenvalue weighted by Crippen LogP contribution is -2.40. The van der Waals surface area contributed by atoms with Crippen molar-refractivity contribution < 1.29 is 0 Å². The van der Waals surface area contributed by atoms with Crippen molar-refractivity contribution in [3.63, 3.8) is 0 Å². The number of hydrogen-bond donors (Lipinski definition) is 0. The van der Waals surface area contributed by atoms with Gasteiger partial charge in [-0.3, -0.25) is 0 Å². The molecule has 0 heterocycles. The molecule has 0 radical (unpaired) electrons. The van der Waals surface area contributed by atoms with E-state index in [-0.39, 0.29) is 0 Å². The van der Waals surface area contributed by atoms with E-state index in [4.69, 9.17) is 0 Å². The molecule has 0 aliphatic heterocycles. The molecular formula is C15H30. The molecule has 0 nitrogen and oxygen atoms in total. The second-order valence-electron chi connectivity index (χ2n) is 5.77. The zero-order valence-electron chi connectivity index (χ0n) is 11.4. The molecule has 0 amide bonds. The van der Waals surface area contributed by atoms with Crippen molar-refractivity contribution in [2.45, 2.75) is 66.7 Å². The molecule has 90 valence electrons. The van der Waals surface area contributed by atoms with Crippen LogP contribution in [0.4, 0.5) is 0 Å². The fraction of sp³-hybridized carbons (Fsp3) is 1.00. The maximum atomic E-state index is 2.52. The molecule has 0 saturated heterocycles. The molecule has 0 aromatic carbocycles. The molecular weight excluding hydrogens is 180 g/mol. The lowest BCUT2D eigenvalue weighted by atomic mass is 9.57. The number of rotatable bonds is 6. The first-order valence-electron chi connectivity index (χ1n) is 7.15. The average Bonchev–Trinajstić information content (AvgIpc) is 2.22. The Morgan fingerprint density at radius 2 is 1.87 bits per heavy atom. The van der Waals surface area contributed by atoms with Crippen molar-refractivity contribution in [2.75, 3.05) is 0 Å². The van der Waals surface area contributed by atoms with E-state index in [0.29, 0.717) is 0 Å². The summed E-state index contributed by atoms with van der Waals surface area (Å²) in [7, 11) is 0. The predicted molar refractivity (Wildman–Crippen MR) is 68.9 cm³/mol. The highest BCUT2D eigenvalue weighted by atomic mass is 14.5. The van der Waals surface area contributed by atoms with E-state index in [9.17, 15) is 0 Å². The van der Waals surface area contributed by atoms with Crippen LogP contribution in [-0.2, 0) is 0 Å². The van der Waals surface area contributed by atoms with Crippen LogP contribution in [0.2, 0.25) is 0 Å². The van der Waals surface area contributed by atoms with E-state index < -0.39 is 0 Å². The second-order valence-corrected chi connectivity index (χ2v) is 5.77. The highest BCUT2D eigenvalue weighted by Gasteiger charge is 2.41. The Bertz CT molecular complexity index is 173. The summed E-state index contributed by atoms with van der Waals surface area (Å²) in [4.78, 5) is 0. The SMILES string of the molecule is CCCC(CC)C(C)C1CC(C)C1CC. The summed E-state index contributed by atoms with van der Waals surface area (Å²) >= 11 is 0. The molecule has 15 heavy (non-hydrogen) atoms. The third-order valence-corrected chi connectivity index (χ3v) is 5.00. The van der Waals surface area contributed by atoms with Crippen LogP contribution in [-0.4, -0.2) is 0 Å². The maximum Gasteiger partial charge on any atom is -0.0352 e. The minimum atomic E-state index is 0.969. The van der Waals surface area contributed by atoms with Gasteiger partial charge in [-0.1, -0.05) is 60.3 Å². The van der Waals surface area contributed by atoms with Crippen LogP contribution in [0.1, 0.15) is 66.7 Å². The van der Waals surface area contributed by atoms with Gasteiger partial charge in [-0.05, 0) is 36.0 Å². The quantitative estimate of drug-likeness (QED) is 0.570. The van der Waals surface area contributed by atoms with Gasteiger partial charge in [-0.25, -0.2) is 0 Å². The van der Waals surface area contributed by atoms with E-state index in [1.807, 2.05) is 0 Å². The van der Waals surface area contributed by atoms with Gasteiger partial charge in [-0.15, -0.1) is 0 Å². The largest absolute Gasteiger partial charge is 0.0654 e. The smallest absolute Gasteiger partial charge is 0.0352 e.